The Bertz CT molecular complexity index is 1080. The average Bonchev–Trinajstić information content (AvgIpc) is 2.72. The van der Waals surface area contributed by atoms with Crippen molar-refractivity contribution in [1.29, 1.82) is 0 Å². The van der Waals surface area contributed by atoms with Gasteiger partial charge in [-0.15, -0.1) is 0 Å². The number of nitrogens with one attached hydrogen (secondary N) is 2. The third-order valence-electron chi connectivity index (χ3n) is 4.46. The van der Waals surface area contributed by atoms with E-state index in [4.69, 9.17) is 4.74 Å². The van der Waals surface area contributed by atoms with E-state index in [2.05, 4.69) is 10.6 Å². The fourth-order valence-corrected chi connectivity index (χ4v) is 4.38. The van der Waals surface area contributed by atoms with Crippen molar-refractivity contribution in [3.63, 3.8) is 0 Å². The summed E-state index contributed by atoms with van der Waals surface area (Å²) in [6, 6.07) is 8.70. The van der Waals surface area contributed by atoms with Gasteiger partial charge in [-0.25, -0.2) is 17.2 Å². The highest BCUT2D eigenvalue weighted by molar-refractivity contribution is 7.89. The number of ether oxygens (including phenoxy) is 1. The van der Waals surface area contributed by atoms with Gasteiger partial charge >= 0.3 is 0 Å². The molecule has 11 heteroatoms. The Labute approximate surface area is 178 Å². The Morgan fingerprint density at radius 1 is 1.19 bits per heavy atom. The van der Waals surface area contributed by atoms with E-state index in [0.717, 1.165) is 10.4 Å². The Morgan fingerprint density at radius 2 is 2.00 bits per heavy atom. The zero-order valence-electron chi connectivity index (χ0n) is 16.4. The molecule has 1 heterocycles. The van der Waals surface area contributed by atoms with Gasteiger partial charge < -0.3 is 15.4 Å². The predicted molar refractivity (Wildman–Crippen MR) is 108 cm³/mol. The van der Waals surface area contributed by atoms with Gasteiger partial charge in [0.05, 0.1) is 18.0 Å². The number of rotatable bonds is 8. The SMILES string of the molecule is O=C1CN(S(=O)(=O)c2cccc(NC(=O)CCCOc3ccc(F)cc3F)c2)CCN1. The molecule has 0 bridgehead atoms. The molecule has 0 radical (unpaired) electrons. The normalized spacial score (nSPS) is 14.7. The van der Waals surface area contributed by atoms with Gasteiger partial charge in [-0.05, 0) is 36.8 Å². The van der Waals surface area contributed by atoms with Crippen molar-refractivity contribution in [3.05, 3.63) is 54.1 Å². The van der Waals surface area contributed by atoms with Crippen LogP contribution in [0.25, 0.3) is 0 Å². The van der Waals surface area contributed by atoms with Crippen LogP contribution in [0, 0.1) is 11.6 Å². The number of amides is 2. The van der Waals surface area contributed by atoms with Gasteiger partial charge in [0.25, 0.3) is 0 Å². The standard InChI is InChI=1S/C20H21F2N3O5S/c21-14-6-7-18(17(22)11-14)30-10-2-5-19(26)24-15-3-1-4-16(12-15)31(28,29)25-9-8-23-20(27)13-25/h1,3-4,6-7,11-12H,2,5,8-10,13H2,(H,23,27)(H,24,26). The molecule has 2 N–H and O–H groups in total. The molecular formula is C20H21F2N3O5S. The number of anilines is 1. The molecule has 0 unspecified atom stereocenters. The largest absolute Gasteiger partial charge is 0.491 e. The molecule has 166 valence electrons. The molecule has 8 nitrogen and oxygen atoms in total. The van der Waals surface area contributed by atoms with Crippen molar-refractivity contribution in [3.8, 4) is 5.75 Å². The van der Waals surface area contributed by atoms with Crippen molar-refractivity contribution in [2.75, 3.05) is 31.6 Å². The number of hydrogen-bond donors (Lipinski definition) is 2. The Kier molecular flexibility index (Phi) is 7.18. The van der Waals surface area contributed by atoms with Crippen LogP contribution in [0.4, 0.5) is 14.5 Å². The van der Waals surface area contributed by atoms with Crippen molar-refractivity contribution in [2.45, 2.75) is 17.7 Å². The summed E-state index contributed by atoms with van der Waals surface area (Å²) in [6.07, 6.45) is 0.315. The van der Waals surface area contributed by atoms with Gasteiger partial charge in [0, 0.05) is 31.3 Å². The van der Waals surface area contributed by atoms with E-state index in [0.29, 0.717) is 6.07 Å². The van der Waals surface area contributed by atoms with Gasteiger partial charge in [0.15, 0.2) is 11.6 Å². The highest BCUT2D eigenvalue weighted by atomic mass is 32.2. The second-order valence-corrected chi connectivity index (χ2v) is 8.73. The van der Waals surface area contributed by atoms with E-state index in [1.807, 2.05) is 0 Å². The molecular weight excluding hydrogens is 432 g/mol. The summed E-state index contributed by atoms with van der Waals surface area (Å²) in [7, 11) is -3.87. The topological polar surface area (TPSA) is 105 Å². The van der Waals surface area contributed by atoms with Gasteiger partial charge in [-0.1, -0.05) is 6.07 Å². The van der Waals surface area contributed by atoms with Crippen molar-refractivity contribution >= 4 is 27.5 Å². The number of halogens is 2. The van der Waals surface area contributed by atoms with Crippen LogP contribution in [-0.2, 0) is 19.6 Å². The van der Waals surface area contributed by atoms with Crippen LogP contribution >= 0.6 is 0 Å². The maximum atomic E-state index is 13.5. The van der Waals surface area contributed by atoms with Crippen LogP contribution < -0.4 is 15.4 Å². The number of nitrogens with zero attached hydrogens (tertiary/aromatic N) is 1. The molecule has 1 fully saturated rings. The fraction of sp³-hybridized carbons (Fsp3) is 0.300. The average molecular weight is 453 g/mol. The Hall–Kier alpha value is -3.05. The minimum atomic E-state index is -3.87. The zero-order valence-corrected chi connectivity index (χ0v) is 17.3. The lowest BCUT2D eigenvalue weighted by atomic mass is 10.2. The van der Waals surface area contributed by atoms with E-state index >= 15 is 0 Å². The fourth-order valence-electron chi connectivity index (χ4n) is 2.93. The summed E-state index contributed by atoms with van der Waals surface area (Å²) in [5, 5.41) is 5.17. The number of hydrogen-bond acceptors (Lipinski definition) is 5. The lowest BCUT2D eigenvalue weighted by molar-refractivity contribution is -0.122. The number of benzene rings is 2. The maximum Gasteiger partial charge on any atom is 0.243 e. The first kappa shape index (κ1) is 22.6. The minimum Gasteiger partial charge on any atom is -0.491 e. The molecule has 3 rings (SSSR count). The monoisotopic (exact) mass is 453 g/mol. The second-order valence-electron chi connectivity index (χ2n) is 6.79. The smallest absolute Gasteiger partial charge is 0.243 e. The molecule has 0 spiro atoms. The predicted octanol–water partition coefficient (Wildman–Crippen LogP) is 1.88. The highest BCUT2D eigenvalue weighted by Gasteiger charge is 2.29. The van der Waals surface area contributed by atoms with Gasteiger partial charge in [-0.2, -0.15) is 4.31 Å². The van der Waals surface area contributed by atoms with Crippen LogP contribution in [0.5, 0.6) is 5.75 Å². The molecule has 0 aromatic heterocycles. The number of sulfonamides is 1. The highest BCUT2D eigenvalue weighted by Crippen LogP contribution is 2.21. The third-order valence-corrected chi connectivity index (χ3v) is 6.30. The lowest BCUT2D eigenvalue weighted by Crippen LogP contribution is -2.49. The van der Waals surface area contributed by atoms with Crippen LogP contribution in [-0.4, -0.2) is 50.8 Å². The van der Waals surface area contributed by atoms with Gasteiger partial charge in [0.1, 0.15) is 5.82 Å². The minimum absolute atomic E-state index is 0.0323. The first-order valence-corrected chi connectivity index (χ1v) is 10.9. The lowest BCUT2D eigenvalue weighted by Gasteiger charge is -2.26. The summed E-state index contributed by atoms with van der Waals surface area (Å²) in [4.78, 5) is 23.6. The number of carbonyl (C=O) groups excluding carboxylic acids is 2. The van der Waals surface area contributed by atoms with E-state index in [1.165, 1.54) is 24.3 Å². The first-order valence-electron chi connectivity index (χ1n) is 9.50. The zero-order chi connectivity index (χ0) is 22.4. The molecule has 1 aliphatic rings. The molecule has 2 aromatic carbocycles. The molecule has 2 amide bonds. The summed E-state index contributed by atoms with van der Waals surface area (Å²) < 4.78 is 58.1. The van der Waals surface area contributed by atoms with Crippen LogP contribution in [0.15, 0.2) is 47.4 Å². The van der Waals surface area contributed by atoms with Crippen LogP contribution in [0.3, 0.4) is 0 Å². The molecule has 1 aliphatic heterocycles. The number of piperazine rings is 1. The summed E-state index contributed by atoms with van der Waals surface area (Å²) in [5.74, 6) is -2.39. The van der Waals surface area contributed by atoms with Crippen molar-refractivity contribution in [1.82, 2.24) is 9.62 Å². The van der Waals surface area contributed by atoms with Gasteiger partial charge in [-0.3, -0.25) is 9.59 Å². The molecule has 31 heavy (non-hydrogen) atoms. The quantitative estimate of drug-likeness (QED) is 0.594. The van der Waals surface area contributed by atoms with E-state index < -0.39 is 21.7 Å². The van der Waals surface area contributed by atoms with Crippen molar-refractivity contribution < 1.29 is 31.5 Å². The third kappa shape index (κ3) is 5.98. The van der Waals surface area contributed by atoms with Crippen LogP contribution in [0.1, 0.15) is 12.8 Å². The van der Waals surface area contributed by atoms with Crippen molar-refractivity contribution in [2.24, 2.45) is 0 Å². The van der Waals surface area contributed by atoms with E-state index in [1.54, 1.807) is 6.07 Å². The second kappa shape index (κ2) is 9.84. The van der Waals surface area contributed by atoms with Crippen LogP contribution in [0.2, 0.25) is 0 Å². The molecule has 1 saturated heterocycles. The Morgan fingerprint density at radius 3 is 2.74 bits per heavy atom. The number of carbonyl (C=O) groups is 2. The summed E-state index contributed by atoms with van der Waals surface area (Å²) in [5.41, 5.74) is 0.290. The summed E-state index contributed by atoms with van der Waals surface area (Å²) >= 11 is 0. The molecule has 0 aliphatic carbocycles. The van der Waals surface area contributed by atoms with E-state index in [9.17, 15) is 26.8 Å². The first-order chi connectivity index (χ1) is 14.8. The Balaban J connectivity index is 1.53. The van der Waals surface area contributed by atoms with Gasteiger partial charge in [0.2, 0.25) is 21.8 Å². The summed E-state index contributed by atoms with van der Waals surface area (Å²) in [6.45, 7) is 0.187. The molecule has 0 atom stereocenters. The maximum absolute atomic E-state index is 13.5. The molecule has 0 saturated carbocycles. The molecule has 2 aromatic rings. The van der Waals surface area contributed by atoms with E-state index in [-0.39, 0.29) is 67.2 Å².